The van der Waals surface area contributed by atoms with Crippen LogP contribution in [-0.2, 0) is 0 Å². The van der Waals surface area contributed by atoms with Gasteiger partial charge in [0.2, 0.25) is 0 Å². The van der Waals surface area contributed by atoms with Crippen LogP contribution in [0.4, 0.5) is 15.8 Å². The number of rotatable bonds is 4. The molecule has 4 nitrogen and oxygen atoms in total. The molecule has 0 radical (unpaired) electrons. The van der Waals surface area contributed by atoms with Crippen LogP contribution in [0.25, 0.3) is 0 Å². The van der Waals surface area contributed by atoms with Gasteiger partial charge < -0.3 is 20.5 Å². The number of thiocarbonyl (C=S) groups is 1. The van der Waals surface area contributed by atoms with Crippen LogP contribution in [0.2, 0.25) is 15.1 Å². The standard InChI is InChI=1S/C19H12Cl3FN2O2S/c20-10-1-6-17(14(22)7-10)27-18-9-15(13(21)8-16(18)26)25-19(28)24-12-4-2-11(23)3-5-12/h1-9,26H,(H2,24,25,28). The van der Waals surface area contributed by atoms with E-state index in [0.29, 0.717) is 22.1 Å². The van der Waals surface area contributed by atoms with E-state index < -0.39 is 0 Å². The third-order valence-electron chi connectivity index (χ3n) is 3.51. The second-order valence-corrected chi connectivity index (χ2v) is 7.22. The summed E-state index contributed by atoms with van der Waals surface area (Å²) in [6, 6.07) is 13.2. The second kappa shape index (κ2) is 8.84. The Labute approximate surface area is 180 Å². The predicted molar refractivity (Wildman–Crippen MR) is 116 cm³/mol. The lowest BCUT2D eigenvalue weighted by atomic mass is 10.2. The Hall–Kier alpha value is -2.25. The van der Waals surface area contributed by atoms with Crippen LogP contribution in [0.1, 0.15) is 0 Å². The maximum atomic E-state index is 13.0. The molecule has 0 saturated heterocycles. The van der Waals surface area contributed by atoms with Crippen LogP contribution >= 0.6 is 47.0 Å². The van der Waals surface area contributed by atoms with Crippen molar-refractivity contribution in [3.8, 4) is 17.2 Å². The number of anilines is 2. The first-order chi connectivity index (χ1) is 13.3. The molecule has 28 heavy (non-hydrogen) atoms. The van der Waals surface area contributed by atoms with E-state index in [2.05, 4.69) is 10.6 Å². The molecular weight excluding hydrogens is 446 g/mol. The monoisotopic (exact) mass is 456 g/mol. The number of nitrogens with one attached hydrogen (secondary N) is 2. The molecule has 0 unspecified atom stereocenters. The normalized spacial score (nSPS) is 10.4. The van der Waals surface area contributed by atoms with E-state index in [4.69, 9.17) is 51.8 Å². The van der Waals surface area contributed by atoms with E-state index in [1.54, 1.807) is 24.3 Å². The van der Waals surface area contributed by atoms with Gasteiger partial charge in [-0.15, -0.1) is 0 Å². The third kappa shape index (κ3) is 5.17. The van der Waals surface area contributed by atoms with E-state index in [9.17, 15) is 9.50 Å². The zero-order valence-corrected chi connectivity index (χ0v) is 17.1. The van der Waals surface area contributed by atoms with Crippen LogP contribution in [-0.4, -0.2) is 10.2 Å². The number of hydrogen-bond donors (Lipinski definition) is 3. The molecule has 0 aromatic heterocycles. The molecule has 0 spiro atoms. The van der Waals surface area contributed by atoms with Crippen molar-refractivity contribution in [2.45, 2.75) is 0 Å². The molecule has 0 aliphatic carbocycles. The summed E-state index contributed by atoms with van der Waals surface area (Å²) in [5.74, 6) is -0.116. The largest absolute Gasteiger partial charge is 0.504 e. The smallest absolute Gasteiger partial charge is 0.175 e. The SMILES string of the molecule is Oc1cc(Cl)c(NC(=S)Nc2ccc(F)cc2)cc1Oc1ccc(Cl)cc1Cl. The summed E-state index contributed by atoms with van der Waals surface area (Å²) in [6.07, 6.45) is 0. The van der Waals surface area contributed by atoms with Crippen molar-refractivity contribution in [2.75, 3.05) is 10.6 Å². The van der Waals surface area contributed by atoms with Gasteiger partial charge in [0, 0.05) is 22.8 Å². The molecule has 0 aliphatic rings. The lowest BCUT2D eigenvalue weighted by Gasteiger charge is -2.15. The lowest BCUT2D eigenvalue weighted by Crippen LogP contribution is -2.19. The number of ether oxygens (including phenoxy) is 1. The Morgan fingerprint density at radius 2 is 1.61 bits per heavy atom. The molecule has 144 valence electrons. The minimum absolute atomic E-state index is 0.112. The molecule has 0 aliphatic heterocycles. The van der Waals surface area contributed by atoms with Crippen LogP contribution in [0, 0.1) is 5.82 Å². The number of phenolic OH excluding ortho intramolecular Hbond substituents is 1. The average molecular weight is 458 g/mol. The molecule has 0 saturated carbocycles. The molecule has 3 N–H and O–H groups in total. The predicted octanol–water partition coefficient (Wildman–Crippen LogP) is 7.09. The molecule has 3 aromatic rings. The van der Waals surface area contributed by atoms with E-state index in [1.807, 2.05) is 0 Å². The first-order valence-corrected chi connectivity index (χ1v) is 9.35. The molecule has 0 atom stereocenters. The molecule has 0 fully saturated rings. The van der Waals surface area contributed by atoms with Crippen LogP contribution in [0.3, 0.4) is 0 Å². The molecule has 0 heterocycles. The Morgan fingerprint density at radius 3 is 2.29 bits per heavy atom. The van der Waals surface area contributed by atoms with Crippen molar-refractivity contribution in [2.24, 2.45) is 0 Å². The molecule has 0 amide bonds. The quantitative estimate of drug-likeness (QED) is 0.288. The molecule has 0 bridgehead atoms. The number of benzene rings is 3. The third-order valence-corrected chi connectivity index (χ3v) is 4.56. The van der Waals surface area contributed by atoms with Crippen LogP contribution in [0.5, 0.6) is 17.2 Å². The van der Waals surface area contributed by atoms with Crippen molar-refractivity contribution < 1.29 is 14.2 Å². The van der Waals surface area contributed by atoms with Crippen molar-refractivity contribution in [3.63, 3.8) is 0 Å². The summed E-state index contributed by atoms with van der Waals surface area (Å²) in [5, 5.41) is 17.1. The fourth-order valence-corrected chi connectivity index (χ4v) is 3.09. The highest BCUT2D eigenvalue weighted by molar-refractivity contribution is 7.80. The lowest BCUT2D eigenvalue weighted by molar-refractivity contribution is 0.412. The first kappa shape index (κ1) is 20.5. The van der Waals surface area contributed by atoms with Gasteiger partial charge in [-0.3, -0.25) is 0 Å². The fraction of sp³-hybridized carbons (Fsp3) is 0. The van der Waals surface area contributed by atoms with Gasteiger partial charge in [-0.05, 0) is 54.7 Å². The zero-order chi connectivity index (χ0) is 20.3. The van der Waals surface area contributed by atoms with Gasteiger partial charge in [-0.2, -0.15) is 0 Å². The molecule has 9 heteroatoms. The van der Waals surface area contributed by atoms with Gasteiger partial charge >= 0.3 is 0 Å². The summed E-state index contributed by atoms with van der Waals surface area (Å²) in [4.78, 5) is 0. The average Bonchev–Trinajstić information content (AvgIpc) is 2.63. The van der Waals surface area contributed by atoms with Crippen molar-refractivity contribution >= 4 is 63.5 Å². The summed E-state index contributed by atoms with van der Waals surface area (Å²) in [5.41, 5.74) is 0.984. The van der Waals surface area contributed by atoms with Crippen molar-refractivity contribution in [3.05, 3.63) is 75.5 Å². The maximum Gasteiger partial charge on any atom is 0.175 e. The first-order valence-electron chi connectivity index (χ1n) is 7.81. The van der Waals surface area contributed by atoms with E-state index in [0.717, 1.165) is 0 Å². The Kier molecular flexibility index (Phi) is 6.46. The Morgan fingerprint density at radius 1 is 0.893 bits per heavy atom. The van der Waals surface area contributed by atoms with Gasteiger partial charge in [0.25, 0.3) is 0 Å². The summed E-state index contributed by atoms with van der Waals surface area (Å²) in [6.45, 7) is 0. The number of halogens is 4. The van der Waals surface area contributed by atoms with Crippen LogP contribution < -0.4 is 15.4 Å². The summed E-state index contributed by atoms with van der Waals surface area (Å²) >= 11 is 23.4. The highest BCUT2D eigenvalue weighted by atomic mass is 35.5. The van der Waals surface area contributed by atoms with Gasteiger partial charge in [-0.25, -0.2) is 4.39 Å². The van der Waals surface area contributed by atoms with Gasteiger partial charge in [0.05, 0.1) is 15.7 Å². The molecule has 3 rings (SSSR count). The number of aromatic hydroxyl groups is 1. The second-order valence-electron chi connectivity index (χ2n) is 5.56. The van der Waals surface area contributed by atoms with Gasteiger partial charge in [-0.1, -0.05) is 34.8 Å². The highest BCUT2D eigenvalue weighted by Gasteiger charge is 2.13. The van der Waals surface area contributed by atoms with E-state index in [1.165, 1.54) is 30.3 Å². The Bertz CT molecular complexity index is 1030. The van der Waals surface area contributed by atoms with Crippen molar-refractivity contribution in [1.82, 2.24) is 0 Å². The fourth-order valence-electron chi connectivity index (χ4n) is 2.21. The summed E-state index contributed by atoms with van der Waals surface area (Å²) < 4.78 is 18.6. The number of hydrogen-bond acceptors (Lipinski definition) is 3. The maximum absolute atomic E-state index is 13.0. The summed E-state index contributed by atoms with van der Waals surface area (Å²) in [7, 11) is 0. The van der Waals surface area contributed by atoms with Crippen molar-refractivity contribution in [1.29, 1.82) is 0 Å². The molecule has 3 aromatic carbocycles. The minimum Gasteiger partial charge on any atom is -0.504 e. The van der Waals surface area contributed by atoms with Gasteiger partial charge in [0.15, 0.2) is 16.6 Å². The highest BCUT2D eigenvalue weighted by Crippen LogP contribution is 2.40. The van der Waals surface area contributed by atoms with Crippen LogP contribution in [0.15, 0.2) is 54.6 Å². The van der Waals surface area contributed by atoms with E-state index >= 15 is 0 Å². The minimum atomic E-state index is -0.353. The number of phenols is 1. The van der Waals surface area contributed by atoms with Gasteiger partial charge in [0.1, 0.15) is 11.6 Å². The topological polar surface area (TPSA) is 53.5 Å². The zero-order valence-electron chi connectivity index (χ0n) is 14.0. The van der Waals surface area contributed by atoms with E-state index in [-0.39, 0.29) is 32.5 Å². The Balaban J connectivity index is 1.78. The molecular formula is C19H12Cl3FN2O2S.